The quantitative estimate of drug-likeness (QED) is 0.814. The Labute approximate surface area is 137 Å². The zero-order valence-corrected chi connectivity index (χ0v) is 14.8. The first-order valence-corrected chi connectivity index (χ1v) is 9.39. The van der Waals surface area contributed by atoms with E-state index in [-0.39, 0.29) is 23.5 Å². The number of nitrogens with zero attached hydrogens (tertiary/aromatic N) is 1. The molecule has 2 rings (SSSR count). The van der Waals surface area contributed by atoms with Gasteiger partial charge in [0.2, 0.25) is 0 Å². The molecule has 1 fully saturated rings. The maximum absolute atomic E-state index is 12.9. The average molecular weight is 341 g/mol. The van der Waals surface area contributed by atoms with E-state index in [1.807, 2.05) is 13.8 Å². The minimum atomic E-state index is -3.05. The van der Waals surface area contributed by atoms with E-state index in [0.29, 0.717) is 30.0 Å². The Morgan fingerprint density at radius 2 is 2.00 bits per heavy atom. The molecule has 0 spiro atoms. The van der Waals surface area contributed by atoms with Gasteiger partial charge in [-0.25, -0.2) is 8.42 Å². The Hall–Kier alpha value is -1.76. The van der Waals surface area contributed by atoms with Crippen molar-refractivity contribution in [1.82, 2.24) is 4.90 Å². The van der Waals surface area contributed by atoms with Crippen LogP contribution < -0.4 is 9.47 Å². The molecule has 1 heterocycles. The Morgan fingerprint density at radius 3 is 2.48 bits per heavy atom. The minimum Gasteiger partial charge on any atom is -0.496 e. The minimum absolute atomic E-state index is 0.0318. The van der Waals surface area contributed by atoms with Gasteiger partial charge in [-0.2, -0.15) is 0 Å². The number of sulfone groups is 1. The third-order valence-electron chi connectivity index (χ3n) is 4.26. The summed E-state index contributed by atoms with van der Waals surface area (Å²) < 4.78 is 34.0. The van der Waals surface area contributed by atoms with Crippen LogP contribution in [0.3, 0.4) is 0 Å². The Kier molecular flexibility index (Phi) is 5.19. The number of benzene rings is 1. The second-order valence-electron chi connectivity index (χ2n) is 5.62. The Bertz CT molecular complexity index is 699. The molecule has 1 aliphatic rings. The highest BCUT2D eigenvalue weighted by atomic mass is 32.2. The molecule has 0 N–H and O–H groups in total. The van der Waals surface area contributed by atoms with E-state index in [9.17, 15) is 13.2 Å². The van der Waals surface area contributed by atoms with E-state index < -0.39 is 9.84 Å². The van der Waals surface area contributed by atoms with Crippen LogP contribution in [0.1, 0.15) is 29.3 Å². The van der Waals surface area contributed by atoms with Crippen LogP contribution in [0.15, 0.2) is 12.1 Å². The molecule has 1 saturated heterocycles. The van der Waals surface area contributed by atoms with Crippen molar-refractivity contribution in [3.05, 3.63) is 23.3 Å². The summed E-state index contributed by atoms with van der Waals surface area (Å²) in [6.45, 7) is 4.13. The molecular weight excluding hydrogens is 318 g/mol. The van der Waals surface area contributed by atoms with Gasteiger partial charge in [-0.1, -0.05) is 0 Å². The van der Waals surface area contributed by atoms with E-state index in [1.165, 1.54) is 7.11 Å². The zero-order chi connectivity index (χ0) is 17.2. The van der Waals surface area contributed by atoms with Crippen LogP contribution in [0, 0.1) is 6.92 Å². The fourth-order valence-electron chi connectivity index (χ4n) is 3.07. The topological polar surface area (TPSA) is 72.9 Å². The SMILES string of the molecule is CCN(C(=O)c1ccc(OC)c(C)c1OC)C1CCS(=O)(=O)C1. The number of hydrogen-bond donors (Lipinski definition) is 0. The third kappa shape index (κ3) is 3.44. The molecule has 0 aromatic heterocycles. The van der Waals surface area contributed by atoms with Crippen molar-refractivity contribution in [3.8, 4) is 11.5 Å². The second-order valence-corrected chi connectivity index (χ2v) is 7.85. The monoisotopic (exact) mass is 341 g/mol. The number of amides is 1. The molecule has 0 saturated carbocycles. The molecule has 7 heteroatoms. The highest BCUT2D eigenvalue weighted by Gasteiger charge is 2.35. The van der Waals surface area contributed by atoms with E-state index >= 15 is 0 Å². The molecule has 1 atom stereocenters. The normalized spacial score (nSPS) is 19.4. The van der Waals surface area contributed by atoms with Gasteiger partial charge in [0.25, 0.3) is 5.91 Å². The van der Waals surface area contributed by atoms with Crippen molar-refractivity contribution in [1.29, 1.82) is 0 Å². The first-order chi connectivity index (χ1) is 10.8. The molecule has 1 aliphatic heterocycles. The first-order valence-electron chi connectivity index (χ1n) is 7.57. The van der Waals surface area contributed by atoms with E-state index in [0.717, 1.165) is 5.56 Å². The number of carbonyl (C=O) groups excluding carboxylic acids is 1. The molecule has 1 aromatic rings. The number of hydrogen-bond acceptors (Lipinski definition) is 5. The summed E-state index contributed by atoms with van der Waals surface area (Å²) >= 11 is 0. The van der Waals surface area contributed by atoms with Crippen LogP contribution in [0.25, 0.3) is 0 Å². The lowest BCUT2D eigenvalue weighted by Gasteiger charge is -2.28. The third-order valence-corrected chi connectivity index (χ3v) is 6.01. The molecule has 0 aliphatic carbocycles. The summed E-state index contributed by atoms with van der Waals surface area (Å²) in [7, 11) is 0.0234. The molecule has 6 nitrogen and oxygen atoms in total. The average Bonchev–Trinajstić information content (AvgIpc) is 2.87. The van der Waals surface area contributed by atoms with Gasteiger partial charge in [0.15, 0.2) is 9.84 Å². The summed E-state index contributed by atoms with van der Waals surface area (Å²) in [5.41, 5.74) is 1.17. The van der Waals surface area contributed by atoms with Gasteiger partial charge in [-0.3, -0.25) is 4.79 Å². The lowest BCUT2D eigenvalue weighted by atomic mass is 10.1. The molecule has 1 aromatic carbocycles. The van der Waals surface area contributed by atoms with Gasteiger partial charge < -0.3 is 14.4 Å². The fraction of sp³-hybridized carbons (Fsp3) is 0.562. The number of ether oxygens (including phenoxy) is 2. The number of methoxy groups -OCH3 is 2. The molecule has 1 unspecified atom stereocenters. The first kappa shape index (κ1) is 17.6. The van der Waals surface area contributed by atoms with Crippen LogP contribution in [-0.2, 0) is 9.84 Å². The van der Waals surface area contributed by atoms with Crippen LogP contribution in [-0.4, -0.2) is 57.5 Å². The van der Waals surface area contributed by atoms with E-state index in [2.05, 4.69) is 0 Å². The van der Waals surface area contributed by atoms with Crippen molar-refractivity contribution in [2.45, 2.75) is 26.3 Å². The van der Waals surface area contributed by atoms with Gasteiger partial charge in [-0.05, 0) is 32.4 Å². The predicted molar refractivity (Wildman–Crippen MR) is 88.1 cm³/mol. The predicted octanol–water partition coefficient (Wildman–Crippen LogP) is 1.66. The zero-order valence-electron chi connectivity index (χ0n) is 14.0. The van der Waals surface area contributed by atoms with Crippen molar-refractivity contribution in [3.63, 3.8) is 0 Å². The highest BCUT2D eigenvalue weighted by molar-refractivity contribution is 7.91. The Balaban J connectivity index is 2.37. The van der Waals surface area contributed by atoms with Crippen LogP contribution in [0.4, 0.5) is 0 Å². The summed E-state index contributed by atoms with van der Waals surface area (Å²) in [5.74, 6) is 1.07. The van der Waals surface area contributed by atoms with Gasteiger partial charge in [0.1, 0.15) is 11.5 Å². The van der Waals surface area contributed by atoms with Crippen molar-refractivity contribution < 1.29 is 22.7 Å². The summed E-state index contributed by atoms with van der Waals surface area (Å²) in [5, 5.41) is 0. The molecule has 1 amide bonds. The number of rotatable bonds is 5. The summed E-state index contributed by atoms with van der Waals surface area (Å²) in [4.78, 5) is 14.5. The van der Waals surface area contributed by atoms with Crippen LogP contribution in [0.5, 0.6) is 11.5 Å². The largest absolute Gasteiger partial charge is 0.496 e. The Morgan fingerprint density at radius 1 is 1.30 bits per heavy atom. The van der Waals surface area contributed by atoms with E-state index in [1.54, 1.807) is 24.1 Å². The molecule has 0 bridgehead atoms. The lowest BCUT2D eigenvalue weighted by molar-refractivity contribution is 0.0704. The summed E-state index contributed by atoms with van der Waals surface area (Å²) in [6.07, 6.45) is 0.485. The van der Waals surface area contributed by atoms with Crippen molar-refractivity contribution >= 4 is 15.7 Å². The number of carbonyl (C=O) groups is 1. The lowest BCUT2D eigenvalue weighted by Crippen LogP contribution is -2.41. The molecule has 128 valence electrons. The van der Waals surface area contributed by atoms with Crippen LogP contribution in [0.2, 0.25) is 0 Å². The highest BCUT2D eigenvalue weighted by Crippen LogP contribution is 2.33. The molecule has 23 heavy (non-hydrogen) atoms. The van der Waals surface area contributed by atoms with E-state index in [4.69, 9.17) is 9.47 Å². The summed E-state index contributed by atoms with van der Waals surface area (Å²) in [6, 6.07) is 3.12. The van der Waals surface area contributed by atoms with Gasteiger partial charge in [0.05, 0.1) is 31.3 Å². The molecular formula is C16H23NO5S. The van der Waals surface area contributed by atoms with Gasteiger partial charge in [-0.15, -0.1) is 0 Å². The standard InChI is InChI=1S/C16H23NO5S/c1-5-17(12-8-9-23(19,20)10-12)16(18)13-6-7-14(21-3)11(2)15(13)22-4/h6-7,12H,5,8-10H2,1-4H3. The second kappa shape index (κ2) is 6.78. The van der Waals surface area contributed by atoms with Crippen molar-refractivity contribution in [2.24, 2.45) is 0 Å². The van der Waals surface area contributed by atoms with Gasteiger partial charge >= 0.3 is 0 Å². The van der Waals surface area contributed by atoms with Crippen molar-refractivity contribution in [2.75, 3.05) is 32.3 Å². The maximum Gasteiger partial charge on any atom is 0.257 e. The van der Waals surface area contributed by atoms with Gasteiger partial charge in [0, 0.05) is 18.2 Å². The maximum atomic E-state index is 12.9. The van der Waals surface area contributed by atoms with Crippen LogP contribution >= 0.6 is 0 Å². The molecule has 0 radical (unpaired) electrons. The fourth-order valence-corrected chi connectivity index (χ4v) is 4.80. The smallest absolute Gasteiger partial charge is 0.257 e.